The maximum atomic E-state index is 12.4. The van der Waals surface area contributed by atoms with E-state index in [9.17, 15) is 4.79 Å². The van der Waals surface area contributed by atoms with E-state index in [1.165, 1.54) is 5.56 Å². The highest BCUT2D eigenvalue weighted by molar-refractivity contribution is 5.96. The zero-order chi connectivity index (χ0) is 14.5. The molecule has 0 fully saturated rings. The Balaban J connectivity index is 2.82. The Kier molecular flexibility index (Phi) is 5.55. The van der Waals surface area contributed by atoms with Crippen LogP contribution in [0.4, 0.5) is 5.69 Å². The third-order valence-corrected chi connectivity index (χ3v) is 3.52. The number of hydrogen-bond donors (Lipinski definition) is 1. The number of amides is 1. The van der Waals surface area contributed by atoms with Gasteiger partial charge in [-0.2, -0.15) is 0 Å². The van der Waals surface area contributed by atoms with Crippen LogP contribution in [0.5, 0.6) is 0 Å². The summed E-state index contributed by atoms with van der Waals surface area (Å²) in [4.78, 5) is 14.2. The van der Waals surface area contributed by atoms with E-state index in [-0.39, 0.29) is 5.91 Å². The Morgan fingerprint density at radius 2 is 1.84 bits per heavy atom. The minimum atomic E-state index is -0.411. The highest BCUT2D eigenvalue weighted by Crippen LogP contribution is 2.25. The zero-order valence-electron chi connectivity index (χ0n) is 12.6. The van der Waals surface area contributed by atoms with Crippen LogP contribution in [-0.2, 0) is 11.2 Å². The Labute approximate surface area is 116 Å². The van der Waals surface area contributed by atoms with Crippen LogP contribution in [0.3, 0.4) is 0 Å². The summed E-state index contributed by atoms with van der Waals surface area (Å²) in [5.41, 5.74) is 7.42. The van der Waals surface area contributed by atoms with Crippen molar-refractivity contribution in [3.8, 4) is 0 Å². The highest BCUT2D eigenvalue weighted by atomic mass is 16.2. The molecule has 0 aliphatic carbocycles. The molecular weight excluding hydrogens is 236 g/mol. The molecule has 0 atom stereocenters. The number of nitrogens with two attached hydrogens (primary N) is 1. The van der Waals surface area contributed by atoms with Gasteiger partial charge >= 0.3 is 0 Å². The lowest BCUT2D eigenvalue weighted by molar-refractivity contribution is -0.126. The molecule has 0 saturated heterocycles. The molecule has 0 aliphatic rings. The first-order valence-electron chi connectivity index (χ1n) is 6.99. The van der Waals surface area contributed by atoms with E-state index < -0.39 is 5.41 Å². The van der Waals surface area contributed by atoms with Crippen molar-refractivity contribution >= 4 is 11.6 Å². The van der Waals surface area contributed by atoms with Crippen LogP contribution in [0.1, 0.15) is 39.2 Å². The van der Waals surface area contributed by atoms with Crippen molar-refractivity contribution in [2.45, 2.75) is 40.0 Å². The molecule has 0 bridgehead atoms. The summed E-state index contributed by atoms with van der Waals surface area (Å²) < 4.78 is 0. The van der Waals surface area contributed by atoms with E-state index in [0.29, 0.717) is 13.0 Å². The van der Waals surface area contributed by atoms with Crippen LogP contribution >= 0.6 is 0 Å². The lowest BCUT2D eigenvalue weighted by Crippen LogP contribution is -2.39. The fourth-order valence-corrected chi connectivity index (χ4v) is 2.21. The number of nitrogens with zero attached hydrogens (tertiary/aromatic N) is 1. The van der Waals surface area contributed by atoms with E-state index in [4.69, 9.17) is 5.73 Å². The second kappa shape index (κ2) is 6.71. The number of carbonyl (C=O) groups excluding carboxylic acids is 1. The molecule has 0 aromatic heterocycles. The molecule has 0 saturated carbocycles. The average molecular weight is 262 g/mol. The maximum Gasteiger partial charge on any atom is 0.232 e. The number of hydrogen-bond acceptors (Lipinski definition) is 2. The average Bonchev–Trinajstić information content (AvgIpc) is 2.38. The van der Waals surface area contributed by atoms with Crippen molar-refractivity contribution < 1.29 is 4.79 Å². The smallest absolute Gasteiger partial charge is 0.232 e. The van der Waals surface area contributed by atoms with Crippen molar-refractivity contribution in [2.24, 2.45) is 11.1 Å². The summed E-state index contributed by atoms with van der Waals surface area (Å²) in [7, 11) is 1.83. The van der Waals surface area contributed by atoms with Gasteiger partial charge in [-0.1, -0.05) is 39.3 Å². The molecule has 1 rings (SSSR count). The van der Waals surface area contributed by atoms with Crippen LogP contribution in [0.15, 0.2) is 24.3 Å². The molecule has 0 heterocycles. The van der Waals surface area contributed by atoms with Gasteiger partial charge in [-0.3, -0.25) is 4.79 Å². The standard InChI is InChI=1S/C16H26N2O/c1-5-6-13-7-9-14(10-8-13)18(4)15(19)16(2,3)11-12-17/h7-10H,5-6,11-12,17H2,1-4H3. The fourth-order valence-electron chi connectivity index (χ4n) is 2.21. The lowest BCUT2D eigenvalue weighted by atomic mass is 9.87. The quantitative estimate of drug-likeness (QED) is 0.856. The Morgan fingerprint density at radius 1 is 1.26 bits per heavy atom. The van der Waals surface area contributed by atoms with Crippen LogP contribution in [-0.4, -0.2) is 19.5 Å². The first kappa shape index (κ1) is 15.7. The second-order valence-electron chi connectivity index (χ2n) is 5.70. The van der Waals surface area contributed by atoms with Crippen LogP contribution in [0, 0.1) is 5.41 Å². The molecule has 0 spiro atoms. The van der Waals surface area contributed by atoms with E-state index >= 15 is 0 Å². The van der Waals surface area contributed by atoms with Crippen molar-refractivity contribution in [1.82, 2.24) is 0 Å². The first-order valence-corrected chi connectivity index (χ1v) is 6.99. The number of benzene rings is 1. The summed E-state index contributed by atoms with van der Waals surface area (Å²) in [5.74, 6) is 0.112. The number of rotatable bonds is 6. The summed E-state index contributed by atoms with van der Waals surface area (Å²) in [5, 5.41) is 0. The molecule has 1 amide bonds. The van der Waals surface area contributed by atoms with Crippen LogP contribution in [0.25, 0.3) is 0 Å². The second-order valence-corrected chi connectivity index (χ2v) is 5.70. The Morgan fingerprint density at radius 3 is 2.32 bits per heavy atom. The number of aryl methyl sites for hydroxylation is 1. The van der Waals surface area contributed by atoms with Gasteiger partial charge in [0.2, 0.25) is 5.91 Å². The molecule has 1 aromatic carbocycles. The zero-order valence-corrected chi connectivity index (χ0v) is 12.6. The minimum Gasteiger partial charge on any atom is -0.330 e. The van der Waals surface area contributed by atoms with Crippen LogP contribution in [0.2, 0.25) is 0 Å². The third kappa shape index (κ3) is 4.06. The molecule has 0 aliphatic heterocycles. The van der Waals surface area contributed by atoms with E-state index in [2.05, 4.69) is 19.1 Å². The van der Waals surface area contributed by atoms with Crippen molar-refractivity contribution in [3.05, 3.63) is 29.8 Å². The monoisotopic (exact) mass is 262 g/mol. The topological polar surface area (TPSA) is 46.3 Å². The summed E-state index contributed by atoms with van der Waals surface area (Å²) in [6.45, 7) is 6.59. The van der Waals surface area contributed by atoms with Gasteiger partial charge in [0.25, 0.3) is 0 Å². The van der Waals surface area contributed by atoms with Crippen LogP contribution < -0.4 is 10.6 Å². The van der Waals surface area contributed by atoms with E-state index in [0.717, 1.165) is 18.5 Å². The maximum absolute atomic E-state index is 12.4. The number of anilines is 1. The van der Waals surface area contributed by atoms with Gasteiger partial charge in [-0.05, 0) is 37.1 Å². The predicted octanol–water partition coefficient (Wildman–Crippen LogP) is 2.98. The molecule has 106 valence electrons. The van der Waals surface area contributed by atoms with Gasteiger partial charge in [0.05, 0.1) is 0 Å². The fraction of sp³-hybridized carbons (Fsp3) is 0.562. The van der Waals surface area contributed by atoms with Crippen molar-refractivity contribution in [3.63, 3.8) is 0 Å². The Hall–Kier alpha value is -1.35. The van der Waals surface area contributed by atoms with E-state index in [1.807, 2.05) is 33.0 Å². The molecule has 19 heavy (non-hydrogen) atoms. The number of carbonyl (C=O) groups is 1. The molecular formula is C16H26N2O. The molecule has 3 heteroatoms. The normalized spacial score (nSPS) is 11.4. The molecule has 2 N–H and O–H groups in total. The van der Waals surface area contributed by atoms with Crippen molar-refractivity contribution in [1.29, 1.82) is 0 Å². The molecule has 0 unspecified atom stereocenters. The van der Waals surface area contributed by atoms with Gasteiger partial charge in [-0.15, -0.1) is 0 Å². The lowest BCUT2D eigenvalue weighted by Gasteiger charge is -2.29. The van der Waals surface area contributed by atoms with Crippen molar-refractivity contribution in [2.75, 3.05) is 18.5 Å². The van der Waals surface area contributed by atoms with Gasteiger partial charge in [0, 0.05) is 18.2 Å². The molecule has 1 aromatic rings. The Bertz CT molecular complexity index is 409. The van der Waals surface area contributed by atoms with Gasteiger partial charge < -0.3 is 10.6 Å². The molecule has 0 radical (unpaired) electrons. The summed E-state index contributed by atoms with van der Waals surface area (Å²) in [6, 6.07) is 8.22. The summed E-state index contributed by atoms with van der Waals surface area (Å²) >= 11 is 0. The van der Waals surface area contributed by atoms with Gasteiger partial charge in [0.1, 0.15) is 0 Å². The van der Waals surface area contributed by atoms with E-state index in [1.54, 1.807) is 4.90 Å². The first-order chi connectivity index (χ1) is 8.92. The summed E-state index contributed by atoms with van der Waals surface area (Å²) in [6.07, 6.45) is 2.92. The predicted molar refractivity (Wildman–Crippen MR) is 81.3 cm³/mol. The SMILES string of the molecule is CCCc1ccc(N(C)C(=O)C(C)(C)CCN)cc1. The van der Waals surface area contributed by atoms with Gasteiger partial charge in [-0.25, -0.2) is 0 Å². The highest BCUT2D eigenvalue weighted by Gasteiger charge is 2.30. The molecule has 3 nitrogen and oxygen atoms in total. The largest absolute Gasteiger partial charge is 0.330 e. The van der Waals surface area contributed by atoms with Gasteiger partial charge in [0.15, 0.2) is 0 Å². The third-order valence-electron chi connectivity index (χ3n) is 3.52. The minimum absolute atomic E-state index is 0.112.